The molecule has 2 aliphatic heterocycles. The van der Waals surface area contributed by atoms with Crippen LogP contribution >= 0.6 is 0 Å². The number of hydrogen-bond donors (Lipinski definition) is 3. The minimum Gasteiger partial charge on any atom is -0.451 e. The zero-order valence-electron chi connectivity index (χ0n) is 26.4. The van der Waals surface area contributed by atoms with Crippen LogP contribution in [0.15, 0.2) is 36.4 Å². The summed E-state index contributed by atoms with van der Waals surface area (Å²) in [5.41, 5.74) is 4.79. The largest absolute Gasteiger partial charge is 0.451 e. The van der Waals surface area contributed by atoms with Crippen LogP contribution in [-0.2, 0) is 35.1 Å². The third-order valence-corrected chi connectivity index (χ3v) is 8.36. The SMILES string of the molecule is CCc1ccc2ccc(/C=C/C3(C(=O)OC(C(=O)NC(C)C(=O)N4CCCC(C(=O)NC)N4)C(C)C)CCOCC3)cc2n1. The van der Waals surface area contributed by atoms with Gasteiger partial charge < -0.3 is 20.1 Å². The molecule has 1 aromatic carbocycles. The zero-order chi connectivity index (χ0) is 31.9. The molecule has 44 heavy (non-hydrogen) atoms. The lowest BCUT2D eigenvalue weighted by Gasteiger charge is -2.35. The second-order valence-corrected chi connectivity index (χ2v) is 11.9. The maximum absolute atomic E-state index is 13.8. The maximum Gasteiger partial charge on any atom is 0.316 e. The maximum atomic E-state index is 13.8. The number of carbonyl (C=O) groups is 4. The highest BCUT2D eigenvalue weighted by atomic mass is 16.6. The number of pyridine rings is 1. The first-order chi connectivity index (χ1) is 21.1. The second kappa shape index (κ2) is 14.8. The Kier molecular flexibility index (Phi) is 11.1. The van der Waals surface area contributed by atoms with Gasteiger partial charge in [-0.05, 0) is 62.6 Å². The third-order valence-electron chi connectivity index (χ3n) is 8.36. The minimum absolute atomic E-state index is 0.204. The van der Waals surface area contributed by atoms with Gasteiger partial charge in [0.2, 0.25) is 5.91 Å². The summed E-state index contributed by atoms with van der Waals surface area (Å²) >= 11 is 0. The number of amides is 3. The van der Waals surface area contributed by atoms with Crippen LogP contribution in [0.3, 0.4) is 0 Å². The summed E-state index contributed by atoms with van der Waals surface area (Å²) in [6.45, 7) is 8.43. The molecule has 2 aromatic rings. The van der Waals surface area contributed by atoms with Gasteiger partial charge in [0, 0.05) is 37.9 Å². The van der Waals surface area contributed by atoms with E-state index in [9.17, 15) is 19.2 Å². The van der Waals surface area contributed by atoms with Crippen molar-refractivity contribution in [1.82, 2.24) is 26.1 Å². The number of nitrogens with zero attached hydrogens (tertiary/aromatic N) is 2. The van der Waals surface area contributed by atoms with Crippen LogP contribution in [-0.4, -0.2) is 78.7 Å². The van der Waals surface area contributed by atoms with Gasteiger partial charge in [0.1, 0.15) is 12.1 Å². The Labute approximate surface area is 259 Å². The number of ether oxygens (including phenoxy) is 2. The van der Waals surface area contributed by atoms with Gasteiger partial charge in [-0.3, -0.25) is 29.2 Å². The molecule has 3 amide bonds. The molecule has 3 heterocycles. The number of aryl methyl sites for hydroxylation is 1. The van der Waals surface area contributed by atoms with Crippen molar-refractivity contribution in [2.45, 2.75) is 78.0 Å². The first-order valence-electron chi connectivity index (χ1n) is 15.5. The van der Waals surface area contributed by atoms with E-state index < -0.39 is 35.5 Å². The number of benzene rings is 1. The van der Waals surface area contributed by atoms with E-state index in [0.717, 1.165) is 28.6 Å². The molecule has 2 aliphatic rings. The summed E-state index contributed by atoms with van der Waals surface area (Å²) in [6, 6.07) is 8.66. The number of carbonyl (C=O) groups excluding carboxylic acids is 4. The van der Waals surface area contributed by atoms with Crippen LogP contribution in [0.25, 0.3) is 17.0 Å². The highest BCUT2D eigenvalue weighted by Gasteiger charge is 2.42. The second-order valence-electron chi connectivity index (χ2n) is 11.9. The van der Waals surface area contributed by atoms with E-state index in [1.807, 2.05) is 36.4 Å². The van der Waals surface area contributed by atoms with Crippen molar-refractivity contribution >= 4 is 40.7 Å². The molecule has 0 radical (unpaired) electrons. The van der Waals surface area contributed by atoms with E-state index in [2.05, 4.69) is 29.0 Å². The monoisotopic (exact) mass is 607 g/mol. The third kappa shape index (κ3) is 7.81. The molecule has 3 N–H and O–H groups in total. The predicted molar refractivity (Wildman–Crippen MR) is 167 cm³/mol. The van der Waals surface area contributed by atoms with Gasteiger partial charge in [-0.25, -0.2) is 5.43 Å². The molecule has 0 aliphatic carbocycles. The molecule has 11 nitrogen and oxygen atoms in total. The molecule has 3 atom stereocenters. The number of likely N-dealkylation sites (N-methyl/N-ethyl adjacent to an activating group) is 1. The number of aromatic nitrogens is 1. The molecule has 1 aromatic heterocycles. The van der Waals surface area contributed by atoms with Crippen molar-refractivity contribution in [1.29, 1.82) is 0 Å². The molecule has 0 spiro atoms. The summed E-state index contributed by atoms with van der Waals surface area (Å²) in [5, 5.41) is 7.73. The number of nitrogens with one attached hydrogen (secondary N) is 3. The van der Waals surface area contributed by atoms with Gasteiger partial charge >= 0.3 is 5.97 Å². The van der Waals surface area contributed by atoms with E-state index in [4.69, 9.17) is 14.5 Å². The zero-order valence-corrected chi connectivity index (χ0v) is 26.4. The highest BCUT2D eigenvalue weighted by Crippen LogP contribution is 2.35. The molecule has 3 unspecified atom stereocenters. The Hall–Kier alpha value is -3.83. The van der Waals surface area contributed by atoms with Crippen LogP contribution in [0.4, 0.5) is 0 Å². The van der Waals surface area contributed by atoms with E-state index in [1.54, 1.807) is 27.8 Å². The summed E-state index contributed by atoms with van der Waals surface area (Å²) in [7, 11) is 1.55. The molecule has 238 valence electrons. The van der Waals surface area contributed by atoms with Crippen molar-refractivity contribution in [2.75, 3.05) is 26.8 Å². The number of hydrazine groups is 1. The first kappa shape index (κ1) is 33.1. The number of rotatable bonds is 10. The molecule has 2 fully saturated rings. The Morgan fingerprint density at radius 3 is 2.57 bits per heavy atom. The molecule has 4 rings (SSSR count). The van der Waals surface area contributed by atoms with Crippen molar-refractivity contribution in [3.8, 4) is 0 Å². The Morgan fingerprint density at radius 2 is 1.89 bits per heavy atom. The normalized spacial score (nSPS) is 19.9. The number of fused-ring (bicyclic) bond motifs is 1. The van der Waals surface area contributed by atoms with Gasteiger partial charge in [0.05, 0.1) is 10.9 Å². The van der Waals surface area contributed by atoms with Crippen molar-refractivity contribution in [3.05, 3.63) is 47.7 Å². The quantitative estimate of drug-likeness (QED) is 0.351. The van der Waals surface area contributed by atoms with E-state index in [1.165, 1.54) is 5.01 Å². The fourth-order valence-corrected chi connectivity index (χ4v) is 5.53. The number of hydrogen-bond acceptors (Lipinski definition) is 8. The highest BCUT2D eigenvalue weighted by molar-refractivity contribution is 5.91. The number of esters is 1. The Balaban J connectivity index is 1.46. The summed E-state index contributed by atoms with van der Waals surface area (Å²) in [4.78, 5) is 57.1. The standard InChI is InChI=1S/C33H45N5O6/c1-6-25-12-11-24-10-9-23(20-27(24)36-25)13-14-33(15-18-43-19-16-33)32(42)44-28(21(2)3)30(40)35-22(4)31(41)38-17-7-8-26(37-38)29(39)34-5/h9-14,20-22,26,28,37H,6-8,15-19H2,1-5H3,(H,34,39)(H,35,40)/b14-13+. The molecular formula is C33H45N5O6. The fourth-order valence-electron chi connectivity index (χ4n) is 5.53. The molecule has 0 bridgehead atoms. The van der Waals surface area contributed by atoms with Crippen LogP contribution in [0.1, 0.15) is 64.6 Å². The molecular weight excluding hydrogens is 562 g/mol. The minimum atomic E-state index is -1.10. The van der Waals surface area contributed by atoms with E-state index in [-0.39, 0.29) is 17.7 Å². The van der Waals surface area contributed by atoms with Crippen LogP contribution < -0.4 is 16.1 Å². The first-order valence-corrected chi connectivity index (χ1v) is 15.5. The summed E-state index contributed by atoms with van der Waals surface area (Å²) < 4.78 is 11.5. The summed E-state index contributed by atoms with van der Waals surface area (Å²) in [6.07, 6.45) is 5.62. The molecule has 0 saturated carbocycles. The average molecular weight is 608 g/mol. The Morgan fingerprint density at radius 1 is 1.16 bits per heavy atom. The van der Waals surface area contributed by atoms with E-state index >= 15 is 0 Å². The van der Waals surface area contributed by atoms with Gasteiger partial charge in [-0.1, -0.05) is 51.1 Å². The van der Waals surface area contributed by atoms with Crippen LogP contribution in [0, 0.1) is 11.3 Å². The lowest BCUT2D eigenvalue weighted by molar-refractivity contribution is -0.170. The topological polar surface area (TPSA) is 139 Å². The van der Waals surface area contributed by atoms with Crippen LogP contribution in [0.2, 0.25) is 0 Å². The molecule has 2 saturated heterocycles. The lowest BCUT2D eigenvalue weighted by atomic mass is 9.79. The summed E-state index contributed by atoms with van der Waals surface area (Å²) in [5.74, 6) is -1.96. The molecule has 11 heteroatoms. The lowest BCUT2D eigenvalue weighted by Crippen LogP contribution is -2.61. The van der Waals surface area contributed by atoms with Gasteiger partial charge in [0.15, 0.2) is 6.10 Å². The van der Waals surface area contributed by atoms with Gasteiger partial charge in [-0.2, -0.15) is 0 Å². The van der Waals surface area contributed by atoms with Crippen molar-refractivity contribution in [2.24, 2.45) is 11.3 Å². The average Bonchev–Trinajstić information content (AvgIpc) is 3.05. The van der Waals surface area contributed by atoms with Crippen LogP contribution in [0.5, 0.6) is 0 Å². The smallest absolute Gasteiger partial charge is 0.316 e. The predicted octanol–water partition coefficient (Wildman–Crippen LogP) is 2.92. The van der Waals surface area contributed by atoms with Gasteiger partial charge in [0.25, 0.3) is 11.8 Å². The van der Waals surface area contributed by atoms with Crippen molar-refractivity contribution in [3.63, 3.8) is 0 Å². The van der Waals surface area contributed by atoms with Gasteiger partial charge in [-0.15, -0.1) is 0 Å². The fraction of sp³-hybridized carbons (Fsp3) is 0.545. The van der Waals surface area contributed by atoms with Crippen molar-refractivity contribution < 1.29 is 28.7 Å². The Bertz CT molecular complexity index is 1390. The van der Waals surface area contributed by atoms with E-state index in [0.29, 0.717) is 45.4 Å².